The van der Waals surface area contributed by atoms with E-state index in [9.17, 15) is 14.7 Å². The highest BCUT2D eigenvalue weighted by molar-refractivity contribution is 6.33. The molecule has 6 atom stereocenters. The Hall–Kier alpha value is -5.59. The topological polar surface area (TPSA) is 91.8 Å². The predicted molar refractivity (Wildman–Crippen MR) is 201 cm³/mol. The van der Waals surface area contributed by atoms with E-state index in [1.54, 1.807) is 18.2 Å². The first-order valence-corrected chi connectivity index (χ1v) is 18.1. The average molecular weight is 704 g/mol. The van der Waals surface area contributed by atoms with Crippen molar-refractivity contribution in [1.82, 2.24) is 0 Å². The molecule has 0 spiro atoms. The lowest BCUT2D eigenvalue weighted by atomic mass is 9.44. The molecule has 256 valence electrons. The van der Waals surface area contributed by atoms with Crippen molar-refractivity contribution in [3.8, 4) is 5.75 Å². The summed E-state index contributed by atoms with van der Waals surface area (Å²) in [7, 11) is 0. The molecule has 6 unspecified atom stereocenters. The molecule has 52 heavy (non-hydrogen) atoms. The van der Waals surface area contributed by atoms with E-state index in [1.165, 1.54) is 11.0 Å². The minimum Gasteiger partial charge on any atom is -0.507 e. The Morgan fingerprint density at radius 3 is 2.25 bits per heavy atom. The molecule has 0 aromatic heterocycles. The van der Waals surface area contributed by atoms with Crippen LogP contribution in [-0.2, 0) is 24.6 Å². The predicted octanol–water partition coefficient (Wildman–Crippen LogP) is 8.54. The zero-order valence-electron chi connectivity index (χ0n) is 28.3. The number of imide groups is 1. The zero-order chi connectivity index (χ0) is 35.9. The molecule has 1 saturated heterocycles. The van der Waals surface area contributed by atoms with Gasteiger partial charge in [0.15, 0.2) is 11.6 Å². The number of ketones is 2. The molecule has 6 nitrogen and oxygen atoms in total. The van der Waals surface area contributed by atoms with Crippen molar-refractivity contribution in [1.29, 1.82) is 0 Å². The highest BCUT2D eigenvalue weighted by atomic mass is 35.5. The number of aryl methyl sites for hydroxylation is 1. The number of phenols is 1. The van der Waals surface area contributed by atoms with E-state index < -0.39 is 35.0 Å². The number of hydrogen-bond acceptors (Lipinski definition) is 5. The number of aromatic hydroxyl groups is 1. The van der Waals surface area contributed by atoms with Gasteiger partial charge in [-0.15, -0.1) is 0 Å². The molecule has 1 N–H and O–H groups in total. The molecule has 1 aliphatic heterocycles. The number of benzene rings is 5. The van der Waals surface area contributed by atoms with Crippen LogP contribution in [0.1, 0.15) is 41.0 Å². The van der Waals surface area contributed by atoms with Gasteiger partial charge in [-0.3, -0.25) is 19.2 Å². The van der Waals surface area contributed by atoms with Crippen LogP contribution in [0.2, 0.25) is 5.02 Å². The van der Waals surface area contributed by atoms with Crippen LogP contribution < -0.4 is 4.90 Å². The van der Waals surface area contributed by atoms with Gasteiger partial charge in [-0.2, -0.15) is 0 Å². The van der Waals surface area contributed by atoms with Crippen LogP contribution >= 0.6 is 11.6 Å². The van der Waals surface area contributed by atoms with Crippen molar-refractivity contribution in [3.05, 3.63) is 160 Å². The first-order valence-electron chi connectivity index (χ1n) is 17.7. The number of allylic oxidation sites excluding steroid dienone is 4. The van der Waals surface area contributed by atoms with Gasteiger partial charge in [-0.25, -0.2) is 4.90 Å². The second-order valence-electron chi connectivity index (χ2n) is 14.5. The lowest BCUT2D eigenvalue weighted by Crippen LogP contribution is -2.58. The molecule has 1 saturated carbocycles. The van der Waals surface area contributed by atoms with Gasteiger partial charge < -0.3 is 5.11 Å². The van der Waals surface area contributed by atoms with E-state index in [0.29, 0.717) is 38.4 Å². The second-order valence-corrected chi connectivity index (χ2v) is 14.9. The van der Waals surface area contributed by atoms with Crippen LogP contribution in [0, 0.1) is 30.6 Å². The van der Waals surface area contributed by atoms with Crippen LogP contribution in [0.3, 0.4) is 0 Å². The van der Waals surface area contributed by atoms with Crippen molar-refractivity contribution < 1.29 is 24.3 Å². The molecule has 5 aromatic carbocycles. The van der Waals surface area contributed by atoms with Gasteiger partial charge in [0, 0.05) is 33.4 Å². The summed E-state index contributed by atoms with van der Waals surface area (Å²) in [4.78, 5) is 60.5. The fourth-order valence-corrected chi connectivity index (χ4v) is 9.87. The second kappa shape index (κ2) is 12.0. The number of rotatable bonds is 4. The molecule has 0 bridgehead atoms. The summed E-state index contributed by atoms with van der Waals surface area (Å²) >= 11 is 6.48. The molecule has 4 aliphatic rings. The summed E-state index contributed by atoms with van der Waals surface area (Å²) in [5, 5.41) is 14.1. The van der Waals surface area contributed by atoms with Gasteiger partial charge in [0.05, 0.1) is 22.9 Å². The summed E-state index contributed by atoms with van der Waals surface area (Å²) in [5.41, 5.74) is 2.77. The van der Waals surface area contributed by atoms with Crippen LogP contribution in [0.5, 0.6) is 5.75 Å². The number of nitrogens with zero attached hydrogens (tertiary/aromatic N) is 1. The van der Waals surface area contributed by atoms with Crippen LogP contribution in [-0.4, -0.2) is 28.5 Å². The van der Waals surface area contributed by atoms with E-state index in [4.69, 9.17) is 11.6 Å². The van der Waals surface area contributed by atoms with Crippen molar-refractivity contribution in [2.75, 3.05) is 4.90 Å². The smallest absolute Gasteiger partial charge is 0.238 e. The third-order valence-electron chi connectivity index (χ3n) is 12.0. The molecule has 9 rings (SSSR count). The summed E-state index contributed by atoms with van der Waals surface area (Å²) < 4.78 is 0. The third-order valence-corrected chi connectivity index (χ3v) is 12.4. The van der Waals surface area contributed by atoms with Crippen molar-refractivity contribution in [3.63, 3.8) is 0 Å². The molecular formula is C45H34ClNO5. The summed E-state index contributed by atoms with van der Waals surface area (Å²) in [6.45, 7) is 1.86. The zero-order valence-corrected chi connectivity index (χ0v) is 29.1. The Bertz CT molecular complexity index is 2420. The van der Waals surface area contributed by atoms with E-state index >= 15 is 9.59 Å². The van der Waals surface area contributed by atoms with Gasteiger partial charge in [0.25, 0.3) is 0 Å². The van der Waals surface area contributed by atoms with Crippen molar-refractivity contribution in [2.24, 2.45) is 23.7 Å². The summed E-state index contributed by atoms with van der Waals surface area (Å²) in [5.74, 6) is -4.69. The number of Topliss-reactive ketones (excluding diaryl/α,β-unsaturated/α-hetero) is 1. The van der Waals surface area contributed by atoms with Gasteiger partial charge in [-0.1, -0.05) is 126 Å². The SMILES string of the molecule is Cc1ccc(N2C(=O)C3CC=C4C(CC5C(=O)C(c6ccccc6)=CC(=O)C5(c5ccccc5)C4c4ccc5ccccc5c4O)C3C2=O)cc1Cl. The van der Waals surface area contributed by atoms with Gasteiger partial charge >= 0.3 is 0 Å². The van der Waals surface area contributed by atoms with Crippen molar-refractivity contribution >= 4 is 57.0 Å². The Kier molecular flexibility index (Phi) is 7.46. The Morgan fingerprint density at radius 1 is 0.788 bits per heavy atom. The maximum Gasteiger partial charge on any atom is 0.238 e. The molecule has 7 heteroatoms. The van der Waals surface area contributed by atoms with Gasteiger partial charge in [0.1, 0.15) is 5.75 Å². The van der Waals surface area contributed by atoms with E-state index in [-0.39, 0.29) is 42.0 Å². The fraction of sp³-hybridized carbons (Fsp3) is 0.200. The van der Waals surface area contributed by atoms with Crippen molar-refractivity contribution in [2.45, 2.75) is 31.1 Å². The molecule has 2 amide bonds. The summed E-state index contributed by atoms with van der Waals surface area (Å²) in [6.07, 6.45) is 3.97. The van der Waals surface area contributed by atoms with Crippen LogP contribution in [0.25, 0.3) is 16.3 Å². The van der Waals surface area contributed by atoms with E-state index in [0.717, 1.165) is 16.5 Å². The first kappa shape index (κ1) is 32.3. The van der Waals surface area contributed by atoms with Crippen LogP contribution in [0.15, 0.2) is 133 Å². The normalized spacial score (nSPS) is 26.8. The quantitative estimate of drug-likeness (QED) is 0.150. The number of carbonyl (C=O) groups excluding carboxylic acids is 4. The fourth-order valence-electron chi connectivity index (χ4n) is 9.70. The van der Waals surface area contributed by atoms with Crippen LogP contribution in [0.4, 0.5) is 5.69 Å². The van der Waals surface area contributed by atoms with E-state index in [1.807, 2.05) is 110 Å². The lowest BCUT2D eigenvalue weighted by Gasteiger charge is -2.55. The molecule has 1 heterocycles. The van der Waals surface area contributed by atoms with Gasteiger partial charge in [-0.05, 0) is 66.0 Å². The maximum absolute atomic E-state index is 15.3. The third kappa shape index (κ3) is 4.50. The lowest BCUT2D eigenvalue weighted by molar-refractivity contribution is -0.135. The monoisotopic (exact) mass is 703 g/mol. The number of hydrogen-bond donors (Lipinski definition) is 1. The number of anilines is 1. The standard InChI is InChI=1S/C45H34ClNO5/c1-25-16-18-29(22-37(25)46)47-43(51)32-21-20-31-35(39(32)44(47)52)23-36-42(50)34(26-10-4-2-5-11-26)24-38(48)45(36,28-13-6-3-7-14-28)40(31)33-19-17-27-12-8-9-15-30(27)41(33)49/h2-20,22,24,32,35-36,39-40,49H,21,23H2,1H3. The Labute approximate surface area is 306 Å². The molecule has 5 aromatic rings. The molecular weight excluding hydrogens is 670 g/mol. The Morgan fingerprint density at radius 2 is 1.50 bits per heavy atom. The average Bonchev–Trinajstić information content (AvgIpc) is 3.43. The number of halogens is 1. The highest BCUT2D eigenvalue weighted by Crippen LogP contribution is 2.64. The highest BCUT2D eigenvalue weighted by Gasteiger charge is 2.66. The molecule has 2 fully saturated rings. The molecule has 0 radical (unpaired) electrons. The summed E-state index contributed by atoms with van der Waals surface area (Å²) in [6, 6.07) is 35.1. The number of amides is 2. The largest absolute Gasteiger partial charge is 0.507 e. The minimum absolute atomic E-state index is 0.0312. The number of phenolic OH excluding ortho intramolecular Hbond substituents is 1. The van der Waals surface area contributed by atoms with Gasteiger partial charge in [0.2, 0.25) is 11.8 Å². The number of carbonyl (C=O) groups is 4. The minimum atomic E-state index is -1.43. The number of fused-ring (bicyclic) bond motifs is 5. The molecule has 3 aliphatic carbocycles. The Balaban J connectivity index is 1.29. The first-order chi connectivity index (χ1) is 25.2. The van der Waals surface area contributed by atoms with E-state index in [2.05, 4.69) is 0 Å². The maximum atomic E-state index is 15.3.